The molecule has 0 aliphatic carbocycles. The summed E-state index contributed by atoms with van der Waals surface area (Å²) < 4.78 is 12.4. The first-order valence-corrected chi connectivity index (χ1v) is 11.3. The lowest BCUT2D eigenvalue weighted by Crippen LogP contribution is -2.12. The fraction of sp³-hybridized carbons (Fsp3) is 0.0769. The summed E-state index contributed by atoms with van der Waals surface area (Å²) in [5.41, 5.74) is 8.05. The van der Waals surface area contributed by atoms with Gasteiger partial charge in [-0.05, 0) is 24.3 Å². The van der Waals surface area contributed by atoms with E-state index in [1.807, 2.05) is 72.8 Å². The molecule has 184 valence electrons. The molecule has 0 spiro atoms. The number of carbonyl (C=O) groups excluding carboxylic acids is 1. The molecule has 37 heavy (non-hydrogen) atoms. The van der Waals surface area contributed by atoms with E-state index in [4.69, 9.17) is 15.2 Å². The summed E-state index contributed by atoms with van der Waals surface area (Å²) in [5, 5.41) is 7.44. The number of para-hydroxylation sites is 3. The van der Waals surface area contributed by atoms with Crippen LogP contribution in [0.2, 0.25) is 0 Å². The standard InChI is InChI=1S/C26H22N8O3/c1-36-20-15-9-8-14-19(20)28-26-30-21(29-25(27)32-26)16-37-24(35)22-31-23(17-10-4-2-5-11-17)34(33-22)18-12-6-3-7-13-18/h2-15H,16H2,1H3,(H3,27,28,29,30,32). The Hall–Kier alpha value is -5.32. The van der Waals surface area contributed by atoms with E-state index in [9.17, 15) is 4.79 Å². The van der Waals surface area contributed by atoms with Gasteiger partial charge in [0, 0.05) is 5.56 Å². The summed E-state index contributed by atoms with van der Waals surface area (Å²) in [4.78, 5) is 29.8. The van der Waals surface area contributed by atoms with E-state index in [0.29, 0.717) is 17.3 Å². The van der Waals surface area contributed by atoms with Crippen LogP contribution in [0.4, 0.5) is 17.6 Å². The molecule has 0 saturated carbocycles. The molecule has 5 aromatic rings. The van der Waals surface area contributed by atoms with Gasteiger partial charge < -0.3 is 20.5 Å². The molecule has 2 aromatic heterocycles. The second-order valence-corrected chi connectivity index (χ2v) is 7.71. The number of hydrogen-bond acceptors (Lipinski definition) is 10. The van der Waals surface area contributed by atoms with Crippen molar-refractivity contribution in [3.63, 3.8) is 0 Å². The predicted octanol–water partition coefficient (Wildman–Crippen LogP) is 3.81. The van der Waals surface area contributed by atoms with Crippen molar-refractivity contribution in [2.24, 2.45) is 0 Å². The number of benzene rings is 3. The van der Waals surface area contributed by atoms with Crippen molar-refractivity contribution >= 4 is 23.6 Å². The van der Waals surface area contributed by atoms with E-state index in [0.717, 1.165) is 11.3 Å². The second-order valence-electron chi connectivity index (χ2n) is 7.71. The Labute approximate surface area is 212 Å². The van der Waals surface area contributed by atoms with E-state index in [1.54, 1.807) is 23.9 Å². The van der Waals surface area contributed by atoms with Gasteiger partial charge in [-0.15, -0.1) is 5.10 Å². The summed E-state index contributed by atoms with van der Waals surface area (Å²) >= 11 is 0. The Morgan fingerprint density at radius 1 is 0.892 bits per heavy atom. The molecule has 0 amide bonds. The van der Waals surface area contributed by atoms with Gasteiger partial charge in [0.05, 0.1) is 18.5 Å². The molecule has 11 nitrogen and oxygen atoms in total. The fourth-order valence-corrected chi connectivity index (χ4v) is 3.54. The van der Waals surface area contributed by atoms with Crippen molar-refractivity contribution in [2.75, 3.05) is 18.2 Å². The van der Waals surface area contributed by atoms with Crippen molar-refractivity contribution in [3.8, 4) is 22.8 Å². The third kappa shape index (κ3) is 5.35. The Bertz CT molecular complexity index is 1470. The number of methoxy groups -OCH3 is 1. The number of carbonyl (C=O) groups is 1. The third-order valence-electron chi connectivity index (χ3n) is 5.21. The van der Waals surface area contributed by atoms with Gasteiger partial charge in [0.2, 0.25) is 11.9 Å². The number of anilines is 3. The summed E-state index contributed by atoms with van der Waals surface area (Å²) in [6.45, 7) is -0.257. The number of nitrogens with one attached hydrogen (secondary N) is 1. The van der Waals surface area contributed by atoms with Crippen LogP contribution in [-0.4, -0.2) is 42.8 Å². The minimum atomic E-state index is -0.731. The molecule has 0 saturated heterocycles. The molecule has 0 radical (unpaired) electrons. The zero-order valence-electron chi connectivity index (χ0n) is 19.8. The lowest BCUT2D eigenvalue weighted by atomic mass is 10.2. The van der Waals surface area contributed by atoms with Crippen molar-refractivity contribution in [1.29, 1.82) is 0 Å². The first kappa shape index (κ1) is 23.4. The molecule has 11 heteroatoms. The molecule has 2 heterocycles. The Morgan fingerprint density at radius 2 is 1.59 bits per heavy atom. The van der Waals surface area contributed by atoms with Gasteiger partial charge in [-0.1, -0.05) is 60.7 Å². The molecular weight excluding hydrogens is 472 g/mol. The molecule has 0 atom stereocenters. The summed E-state index contributed by atoms with van der Waals surface area (Å²) in [7, 11) is 1.56. The summed E-state index contributed by atoms with van der Waals surface area (Å²) in [6.07, 6.45) is 0. The topological polar surface area (TPSA) is 143 Å². The first-order chi connectivity index (χ1) is 18.1. The summed E-state index contributed by atoms with van der Waals surface area (Å²) in [6, 6.07) is 26.1. The molecule has 5 rings (SSSR count). The SMILES string of the molecule is COc1ccccc1Nc1nc(N)nc(COC(=O)c2nc(-c3ccccc3)n(-c3ccccc3)n2)n1. The highest BCUT2D eigenvalue weighted by Gasteiger charge is 2.20. The van der Waals surface area contributed by atoms with Gasteiger partial charge in [0.25, 0.3) is 5.82 Å². The number of nitrogens with zero attached hydrogens (tertiary/aromatic N) is 6. The van der Waals surface area contributed by atoms with Gasteiger partial charge in [0.1, 0.15) is 5.75 Å². The Morgan fingerprint density at radius 3 is 2.35 bits per heavy atom. The normalized spacial score (nSPS) is 10.6. The van der Waals surface area contributed by atoms with Crippen LogP contribution in [-0.2, 0) is 11.3 Å². The maximum absolute atomic E-state index is 12.9. The van der Waals surface area contributed by atoms with Gasteiger partial charge in [-0.2, -0.15) is 15.0 Å². The molecule has 0 aliphatic rings. The van der Waals surface area contributed by atoms with Crippen LogP contribution in [0.15, 0.2) is 84.9 Å². The van der Waals surface area contributed by atoms with Gasteiger partial charge in [-0.25, -0.2) is 14.5 Å². The minimum Gasteiger partial charge on any atom is -0.495 e. The summed E-state index contributed by atoms with van der Waals surface area (Å²) in [5.74, 6) is 0.582. The highest BCUT2D eigenvalue weighted by atomic mass is 16.5. The number of hydrogen-bond donors (Lipinski definition) is 2. The fourth-order valence-electron chi connectivity index (χ4n) is 3.54. The maximum Gasteiger partial charge on any atom is 0.378 e. The number of ether oxygens (including phenoxy) is 2. The van der Waals surface area contributed by atoms with Crippen LogP contribution in [0.1, 0.15) is 16.4 Å². The number of esters is 1. The zero-order chi connectivity index (χ0) is 25.6. The van der Waals surface area contributed by atoms with Crippen molar-refractivity contribution in [1.82, 2.24) is 29.7 Å². The molecule has 0 fully saturated rings. The molecule has 3 aromatic carbocycles. The predicted molar refractivity (Wildman–Crippen MR) is 136 cm³/mol. The van der Waals surface area contributed by atoms with Gasteiger partial charge >= 0.3 is 5.97 Å². The van der Waals surface area contributed by atoms with E-state index < -0.39 is 5.97 Å². The van der Waals surface area contributed by atoms with Gasteiger partial charge in [-0.3, -0.25) is 0 Å². The monoisotopic (exact) mass is 494 g/mol. The van der Waals surface area contributed by atoms with E-state index >= 15 is 0 Å². The first-order valence-electron chi connectivity index (χ1n) is 11.3. The maximum atomic E-state index is 12.9. The molecule has 3 N–H and O–H groups in total. The van der Waals surface area contributed by atoms with E-state index in [2.05, 4.69) is 30.4 Å². The van der Waals surface area contributed by atoms with Crippen LogP contribution in [0.5, 0.6) is 5.75 Å². The molecule has 0 bridgehead atoms. The van der Waals surface area contributed by atoms with E-state index in [-0.39, 0.29) is 30.2 Å². The average Bonchev–Trinajstić information content (AvgIpc) is 3.39. The number of nitrogen functional groups attached to an aromatic ring is 1. The third-order valence-corrected chi connectivity index (χ3v) is 5.21. The molecule has 0 aliphatic heterocycles. The second kappa shape index (κ2) is 10.5. The Kier molecular flexibility index (Phi) is 6.66. The van der Waals surface area contributed by atoms with Crippen molar-refractivity contribution in [3.05, 3.63) is 96.6 Å². The highest BCUT2D eigenvalue weighted by molar-refractivity contribution is 5.86. The lowest BCUT2D eigenvalue weighted by Gasteiger charge is -2.10. The zero-order valence-corrected chi connectivity index (χ0v) is 19.8. The minimum absolute atomic E-state index is 0.0312. The lowest BCUT2D eigenvalue weighted by molar-refractivity contribution is 0.0448. The average molecular weight is 495 g/mol. The molecular formula is C26H22N8O3. The van der Waals surface area contributed by atoms with Crippen LogP contribution in [0.25, 0.3) is 17.1 Å². The quantitative estimate of drug-likeness (QED) is 0.306. The van der Waals surface area contributed by atoms with E-state index in [1.165, 1.54) is 0 Å². The smallest absolute Gasteiger partial charge is 0.378 e. The number of nitrogens with two attached hydrogens (primary N) is 1. The van der Waals surface area contributed by atoms with Crippen LogP contribution >= 0.6 is 0 Å². The van der Waals surface area contributed by atoms with Crippen LogP contribution in [0, 0.1) is 0 Å². The number of rotatable bonds is 8. The Balaban J connectivity index is 1.36. The van der Waals surface area contributed by atoms with Crippen LogP contribution < -0.4 is 15.8 Å². The highest BCUT2D eigenvalue weighted by Crippen LogP contribution is 2.26. The van der Waals surface area contributed by atoms with Gasteiger partial charge in [0.15, 0.2) is 18.3 Å². The van der Waals surface area contributed by atoms with Crippen molar-refractivity contribution in [2.45, 2.75) is 6.61 Å². The molecule has 0 unspecified atom stereocenters. The van der Waals surface area contributed by atoms with Crippen LogP contribution in [0.3, 0.4) is 0 Å². The largest absolute Gasteiger partial charge is 0.495 e. The van der Waals surface area contributed by atoms with Crippen molar-refractivity contribution < 1.29 is 14.3 Å². The number of aromatic nitrogens is 6.